The van der Waals surface area contributed by atoms with E-state index in [1.165, 1.54) is 0 Å². The van der Waals surface area contributed by atoms with Crippen molar-refractivity contribution in [3.63, 3.8) is 0 Å². The van der Waals surface area contributed by atoms with Gasteiger partial charge in [-0.05, 0) is 25.8 Å². The Morgan fingerprint density at radius 2 is 1.69 bits per heavy atom. The van der Waals surface area contributed by atoms with Crippen molar-refractivity contribution in [3.05, 3.63) is 0 Å². The third-order valence-corrected chi connectivity index (χ3v) is 0.899. The minimum absolute atomic E-state index is 0.266. The molecule has 5 nitrogen and oxygen atoms in total. The Morgan fingerprint density at radius 3 is 2.08 bits per heavy atom. The van der Waals surface area contributed by atoms with Crippen LogP contribution in [0.3, 0.4) is 0 Å². The van der Waals surface area contributed by atoms with E-state index < -0.39 is 11.6 Å². The lowest BCUT2D eigenvalue weighted by molar-refractivity contribution is -0.633. The van der Waals surface area contributed by atoms with Gasteiger partial charge in [-0.2, -0.15) is 4.89 Å². The third-order valence-electron chi connectivity index (χ3n) is 0.899. The SMILES string of the molecule is CC(C)C(=O)OOOOC(C)(C)C. The number of hydrogen-bond donors (Lipinski definition) is 0. The molecule has 0 aromatic rings. The molecule has 0 rings (SSSR count). The molecule has 0 heterocycles. The lowest BCUT2D eigenvalue weighted by Gasteiger charge is -2.14. The van der Waals surface area contributed by atoms with Crippen LogP contribution in [0.4, 0.5) is 0 Å². The number of carbonyl (C=O) groups excluding carboxylic acids is 1. The number of carbonyl (C=O) groups is 1. The molecule has 0 bridgehead atoms. The molecule has 0 amide bonds. The van der Waals surface area contributed by atoms with Crippen molar-refractivity contribution in [2.24, 2.45) is 5.92 Å². The summed E-state index contributed by atoms with van der Waals surface area (Å²) in [5.74, 6) is -0.782. The van der Waals surface area contributed by atoms with Crippen LogP contribution in [0.25, 0.3) is 0 Å². The molecule has 0 atom stereocenters. The standard InChI is InChI=1S/C8H16O5/c1-6(2)7(9)10-12-13-11-8(3,4)5/h6H,1-5H3. The first-order chi connectivity index (χ1) is 5.83. The summed E-state index contributed by atoms with van der Waals surface area (Å²) in [7, 11) is 0. The highest BCUT2D eigenvalue weighted by atomic mass is 17.7. The van der Waals surface area contributed by atoms with Gasteiger partial charge in [-0.1, -0.05) is 13.8 Å². The maximum Gasteiger partial charge on any atom is 0.348 e. The Bertz CT molecular complexity index is 158. The first kappa shape index (κ1) is 12.3. The quantitative estimate of drug-likeness (QED) is 0.386. The van der Waals surface area contributed by atoms with Gasteiger partial charge in [0.25, 0.3) is 0 Å². The first-order valence-corrected chi connectivity index (χ1v) is 4.06. The molecule has 0 aliphatic rings. The summed E-state index contributed by atoms with van der Waals surface area (Å²) in [5.41, 5.74) is -0.510. The van der Waals surface area contributed by atoms with Crippen LogP contribution < -0.4 is 0 Å². The van der Waals surface area contributed by atoms with E-state index in [4.69, 9.17) is 0 Å². The molecule has 0 fully saturated rings. The summed E-state index contributed by atoms with van der Waals surface area (Å²) in [6.07, 6.45) is 0. The van der Waals surface area contributed by atoms with Crippen LogP contribution in [-0.4, -0.2) is 11.6 Å². The maximum atomic E-state index is 10.8. The monoisotopic (exact) mass is 192 g/mol. The smallest absolute Gasteiger partial charge is 0.266 e. The normalized spacial score (nSPS) is 11.8. The third kappa shape index (κ3) is 7.70. The van der Waals surface area contributed by atoms with Crippen molar-refractivity contribution in [2.75, 3.05) is 0 Å². The Hall–Kier alpha value is -0.650. The van der Waals surface area contributed by atoms with Gasteiger partial charge in [0.15, 0.2) is 0 Å². The van der Waals surface area contributed by atoms with Gasteiger partial charge in [-0.25, -0.2) is 4.79 Å². The zero-order valence-electron chi connectivity index (χ0n) is 8.62. The predicted octanol–water partition coefficient (Wildman–Crippen LogP) is 1.78. The average Bonchev–Trinajstić information content (AvgIpc) is 1.95. The van der Waals surface area contributed by atoms with Crippen LogP contribution in [0, 0.1) is 5.92 Å². The number of rotatable bonds is 4. The molecular formula is C8H16O5. The van der Waals surface area contributed by atoms with Crippen molar-refractivity contribution in [1.29, 1.82) is 0 Å². The summed E-state index contributed by atoms with van der Waals surface area (Å²) in [5, 5.41) is 8.24. The van der Waals surface area contributed by atoms with Gasteiger partial charge in [0.05, 0.1) is 11.5 Å². The maximum absolute atomic E-state index is 10.8. The summed E-state index contributed by atoms with van der Waals surface area (Å²) >= 11 is 0. The molecular weight excluding hydrogens is 176 g/mol. The highest BCUT2D eigenvalue weighted by Crippen LogP contribution is 2.07. The Labute approximate surface area is 77.7 Å². The van der Waals surface area contributed by atoms with Crippen molar-refractivity contribution in [3.8, 4) is 0 Å². The summed E-state index contributed by atoms with van der Waals surface area (Å²) < 4.78 is 0. The molecule has 13 heavy (non-hydrogen) atoms. The fraction of sp³-hybridized carbons (Fsp3) is 0.875. The van der Waals surface area contributed by atoms with Gasteiger partial charge in [0, 0.05) is 5.04 Å². The molecule has 0 saturated heterocycles. The topological polar surface area (TPSA) is 54.0 Å². The van der Waals surface area contributed by atoms with Gasteiger partial charge in [-0.3, -0.25) is 4.89 Å². The summed E-state index contributed by atoms with van der Waals surface area (Å²) in [4.78, 5) is 19.7. The Kier molecular flexibility index (Phi) is 4.90. The molecule has 0 spiro atoms. The van der Waals surface area contributed by atoms with Crippen LogP contribution in [0.1, 0.15) is 34.6 Å². The highest BCUT2D eigenvalue weighted by molar-refractivity contribution is 5.70. The zero-order chi connectivity index (χ0) is 10.5. The molecule has 0 unspecified atom stereocenters. The van der Waals surface area contributed by atoms with E-state index in [0.717, 1.165) is 0 Å². The van der Waals surface area contributed by atoms with E-state index in [0.29, 0.717) is 0 Å². The van der Waals surface area contributed by atoms with Crippen LogP contribution in [0.5, 0.6) is 0 Å². The van der Waals surface area contributed by atoms with Crippen LogP contribution in [-0.2, 0) is 24.6 Å². The lowest BCUT2D eigenvalue weighted by atomic mass is 10.2. The second kappa shape index (κ2) is 5.16. The van der Waals surface area contributed by atoms with Crippen molar-refractivity contribution in [2.45, 2.75) is 40.2 Å². The van der Waals surface area contributed by atoms with Gasteiger partial charge < -0.3 is 0 Å². The second-order valence-electron chi connectivity index (χ2n) is 3.89. The van der Waals surface area contributed by atoms with Crippen molar-refractivity contribution in [1.82, 2.24) is 0 Å². The van der Waals surface area contributed by atoms with Crippen molar-refractivity contribution >= 4 is 5.97 Å². The Morgan fingerprint density at radius 1 is 1.15 bits per heavy atom. The van der Waals surface area contributed by atoms with E-state index in [1.807, 2.05) is 0 Å². The van der Waals surface area contributed by atoms with Crippen LogP contribution in [0.2, 0.25) is 0 Å². The second-order valence-corrected chi connectivity index (χ2v) is 3.89. The van der Waals surface area contributed by atoms with Gasteiger partial charge >= 0.3 is 5.97 Å². The summed E-state index contributed by atoms with van der Waals surface area (Å²) in [6, 6.07) is 0. The average molecular weight is 192 g/mol. The Balaban J connectivity index is 3.42. The van der Waals surface area contributed by atoms with Gasteiger partial charge in [0.1, 0.15) is 0 Å². The van der Waals surface area contributed by atoms with E-state index in [2.05, 4.69) is 19.9 Å². The van der Waals surface area contributed by atoms with E-state index in [-0.39, 0.29) is 5.92 Å². The van der Waals surface area contributed by atoms with Crippen LogP contribution >= 0.6 is 0 Å². The number of hydrogen-bond acceptors (Lipinski definition) is 5. The van der Waals surface area contributed by atoms with E-state index in [1.54, 1.807) is 34.6 Å². The van der Waals surface area contributed by atoms with E-state index in [9.17, 15) is 4.79 Å². The molecule has 0 saturated carbocycles. The van der Waals surface area contributed by atoms with Crippen LogP contribution in [0.15, 0.2) is 0 Å². The zero-order valence-corrected chi connectivity index (χ0v) is 8.62. The summed E-state index contributed by atoms with van der Waals surface area (Å²) in [6.45, 7) is 8.65. The lowest BCUT2D eigenvalue weighted by Crippen LogP contribution is -2.21. The molecule has 78 valence electrons. The largest absolute Gasteiger partial charge is 0.348 e. The minimum Gasteiger partial charge on any atom is -0.266 e. The molecule has 0 aliphatic heterocycles. The first-order valence-electron chi connectivity index (χ1n) is 4.06. The molecule has 0 aromatic heterocycles. The molecule has 0 radical (unpaired) electrons. The van der Waals surface area contributed by atoms with Gasteiger partial charge in [-0.15, -0.1) is 0 Å². The predicted molar refractivity (Wildman–Crippen MR) is 43.9 cm³/mol. The molecule has 0 aliphatic carbocycles. The fourth-order valence-electron chi connectivity index (χ4n) is 0.260. The van der Waals surface area contributed by atoms with Gasteiger partial charge in [0.2, 0.25) is 0 Å². The molecule has 0 aromatic carbocycles. The van der Waals surface area contributed by atoms with E-state index >= 15 is 0 Å². The molecule has 5 heteroatoms. The minimum atomic E-state index is -0.516. The molecule has 0 N–H and O–H groups in total. The van der Waals surface area contributed by atoms with Crippen molar-refractivity contribution < 1.29 is 24.6 Å². The highest BCUT2D eigenvalue weighted by Gasteiger charge is 2.14. The fourth-order valence-corrected chi connectivity index (χ4v) is 0.260.